The zero-order chi connectivity index (χ0) is 21.4. The largest absolute Gasteiger partial charge is 0.598 e. The summed E-state index contributed by atoms with van der Waals surface area (Å²) in [6.45, 7) is 10.4. The molecule has 1 fully saturated rings. The number of rotatable bonds is 7. The number of allylic oxidation sites excluding steroid dienone is 1. The molecule has 2 heterocycles. The van der Waals surface area contributed by atoms with Crippen molar-refractivity contribution in [2.75, 3.05) is 31.1 Å². The van der Waals surface area contributed by atoms with E-state index >= 15 is 0 Å². The second-order valence-corrected chi connectivity index (χ2v) is 10.0. The van der Waals surface area contributed by atoms with Crippen LogP contribution in [-0.4, -0.2) is 62.3 Å². The highest BCUT2D eigenvalue weighted by Crippen LogP contribution is 2.14. The van der Waals surface area contributed by atoms with E-state index in [1.54, 1.807) is 0 Å². The van der Waals surface area contributed by atoms with Crippen LogP contribution in [0.15, 0.2) is 24.5 Å². The third-order valence-electron chi connectivity index (χ3n) is 4.48. The van der Waals surface area contributed by atoms with Gasteiger partial charge < -0.3 is 14.4 Å². The van der Waals surface area contributed by atoms with Crippen molar-refractivity contribution in [2.45, 2.75) is 51.3 Å². The second kappa shape index (κ2) is 10.6. The molecular formula is C20H30N6O2S. The van der Waals surface area contributed by atoms with Crippen molar-refractivity contribution in [3.8, 4) is 6.07 Å². The van der Waals surface area contributed by atoms with E-state index in [-0.39, 0.29) is 16.7 Å². The minimum Gasteiger partial charge on any atom is -0.598 e. The highest BCUT2D eigenvalue weighted by molar-refractivity contribution is 7.90. The summed E-state index contributed by atoms with van der Waals surface area (Å²) in [5.74, 6) is 0.724. The maximum absolute atomic E-state index is 12.4. The number of carbonyl (C=O) groups is 1. The van der Waals surface area contributed by atoms with Crippen LogP contribution in [0.25, 0.3) is 0 Å². The molecule has 1 aromatic heterocycles. The Morgan fingerprint density at radius 2 is 1.97 bits per heavy atom. The smallest absolute Gasteiger partial charge is 0.225 e. The van der Waals surface area contributed by atoms with Gasteiger partial charge in [0.25, 0.3) is 0 Å². The summed E-state index contributed by atoms with van der Waals surface area (Å²) in [6.07, 6.45) is 8.07. The van der Waals surface area contributed by atoms with Gasteiger partial charge in [0.2, 0.25) is 11.9 Å². The number of nitrogens with one attached hydrogen (secondary N) is 1. The molecule has 0 aromatic carbocycles. The molecule has 2 unspecified atom stereocenters. The van der Waals surface area contributed by atoms with Crippen LogP contribution in [0.3, 0.4) is 0 Å². The average Bonchev–Trinajstić information content (AvgIpc) is 2.70. The lowest BCUT2D eigenvalue weighted by Gasteiger charge is -2.34. The number of anilines is 1. The molecule has 1 aliphatic rings. The Hall–Kier alpha value is -2.15. The van der Waals surface area contributed by atoms with Crippen LogP contribution >= 0.6 is 0 Å². The summed E-state index contributed by atoms with van der Waals surface area (Å²) in [5.41, 5.74) is 0.435. The van der Waals surface area contributed by atoms with E-state index in [0.717, 1.165) is 0 Å². The predicted molar refractivity (Wildman–Crippen MR) is 114 cm³/mol. The van der Waals surface area contributed by atoms with E-state index < -0.39 is 11.4 Å². The summed E-state index contributed by atoms with van der Waals surface area (Å²) >= 11 is -1.11. The van der Waals surface area contributed by atoms with Crippen LogP contribution in [-0.2, 0) is 16.2 Å². The summed E-state index contributed by atoms with van der Waals surface area (Å²) < 4.78 is 14.8. The van der Waals surface area contributed by atoms with Crippen molar-refractivity contribution in [2.24, 2.45) is 0 Å². The first-order valence-corrected chi connectivity index (χ1v) is 11.0. The van der Waals surface area contributed by atoms with Gasteiger partial charge in [-0.15, -0.1) is 4.72 Å². The molecule has 1 N–H and O–H groups in total. The van der Waals surface area contributed by atoms with Gasteiger partial charge in [-0.25, -0.2) is 9.97 Å². The van der Waals surface area contributed by atoms with Crippen molar-refractivity contribution in [3.05, 3.63) is 30.1 Å². The number of hydrogen-bond donors (Lipinski definition) is 1. The molecule has 0 saturated carbocycles. The molecule has 1 aliphatic heterocycles. The maximum atomic E-state index is 12.4. The van der Waals surface area contributed by atoms with Crippen molar-refractivity contribution < 1.29 is 9.35 Å². The number of nitrogens with zero attached hydrogens (tertiary/aromatic N) is 5. The first-order valence-electron chi connectivity index (χ1n) is 9.80. The first-order chi connectivity index (χ1) is 13.7. The number of carbonyl (C=O) groups excluding carboxylic acids is 1. The van der Waals surface area contributed by atoms with Crippen molar-refractivity contribution >= 4 is 23.2 Å². The highest BCUT2D eigenvalue weighted by Gasteiger charge is 2.27. The second-order valence-electron chi connectivity index (χ2n) is 8.01. The number of hydrogen-bond acceptors (Lipinski definition) is 7. The zero-order valence-electron chi connectivity index (χ0n) is 17.6. The molecular weight excluding hydrogens is 388 g/mol. The summed E-state index contributed by atoms with van der Waals surface area (Å²) in [6, 6.07) is 1.99. The van der Waals surface area contributed by atoms with Gasteiger partial charge in [-0.2, -0.15) is 5.26 Å². The third kappa shape index (κ3) is 7.31. The van der Waals surface area contributed by atoms with Gasteiger partial charge in [0.15, 0.2) is 0 Å². The van der Waals surface area contributed by atoms with E-state index in [2.05, 4.69) is 14.7 Å². The molecule has 2 atom stereocenters. The molecule has 1 saturated heterocycles. The Morgan fingerprint density at radius 3 is 2.52 bits per heavy atom. The minimum absolute atomic E-state index is 0.0128. The minimum atomic E-state index is -1.11. The van der Waals surface area contributed by atoms with E-state index in [4.69, 9.17) is 5.26 Å². The molecule has 158 valence electrons. The topological polar surface area (TPSA) is 108 Å². The molecule has 8 nitrogen and oxygen atoms in total. The quantitative estimate of drug-likeness (QED) is 0.531. The molecule has 2 rings (SSSR count). The molecule has 1 aromatic rings. The fourth-order valence-corrected chi connectivity index (χ4v) is 3.52. The summed E-state index contributed by atoms with van der Waals surface area (Å²) in [4.78, 5) is 24.7. The van der Waals surface area contributed by atoms with Crippen LogP contribution in [0.1, 0.15) is 46.1 Å². The summed E-state index contributed by atoms with van der Waals surface area (Å²) in [5, 5.41) is 8.81. The number of amides is 1. The van der Waals surface area contributed by atoms with Crippen LogP contribution in [0, 0.1) is 11.3 Å². The monoisotopic (exact) mass is 418 g/mol. The van der Waals surface area contributed by atoms with Gasteiger partial charge in [0.1, 0.15) is 10.8 Å². The van der Waals surface area contributed by atoms with Crippen molar-refractivity contribution in [3.63, 3.8) is 0 Å². The third-order valence-corrected chi connectivity index (χ3v) is 6.18. The number of aromatic nitrogens is 2. The molecule has 0 spiro atoms. The first kappa shape index (κ1) is 23.1. The van der Waals surface area contributed by atoms with Crippen LogP contribution in [0.2, 0.25) is 0 Å². The number of piperazine rings is 1. The molecule has 1 amide bonds. The van der Waals surface area contributed by atoms with Crippen molar-refractivity contribution in [1.29, 1.82) is 5.26 Å². The zero-order valence-corrected chi connectivity index (χ0v) is 18.4. The maximum Gasteiger partial charge on any atom is 0.225 e. The Morgan fingerprint density at radius 1 is 1.34 bits per heavy atom. The Balaban J connectivity index is 1.71. The van der Waals surface area contributed by atoms with Crippen LogP contribution in [0.5, 0.6) is 0 Å². The van der Waals surface area contributed by atoms with Gasteiger partial charge in [0.05, 0.1) is 24.0 Å². The Labute approximate surface area is 176 Å². The molecule has 29 heavy (non-hydrogen) atoms. The summed E-state index contributed by atoms with van der Waals surface area (Å²) in [7, 11) is 0. The Bertz CT molecular complexity index is 733. The standard InChI is InChI=1S/C20H30N6O2S/c1-16(24-29(28)20(2,3)4)7-5-6-8-18(27)25-9-11-26(12-10-25)19-22-14-17(13-21)15-23-19/h5,7,14-16,24H,6,8-12H2,1-4H3/b7-5+. The van der Waals surface area contributed by atoms with E-state index in [1.165, 1.54) is 12.4 Å². The van der Waals surface area contributed by atoms with E-state index in [0.29, 0.717) is 50.5 Å². The van der Waals surface area contributed by atoms with Gasteiger partial charge in [0, 0.05) is 44.0 Å². The molecule has 0 bridgehead atoms. The van der Waals surface area contributed by atoms with Gasteiger partial charge in [-0.3, -0.25) is 4.79 Å². The normalized spacial score (nSPS) is 17.2. The van der Waals surface area contributed by atoms with Gasteiger partial charge >= 0.3 is 0 Å². The number of nitriles is 1. The fraction of sp³-hybridized carbons (Fsp3) is 0.600. The van der Waals surface area contributed by atoms with Gasteiger partial charge in [-0.05, 0) is 34.1 Å². The van der Waals surface area contributed by atoms with Crippen LogP contribution in [0.4, 0.5) is 5.95 Å². The Kier molecular flexibility index (Phi) is 8.44. The van der Waals surface area contributed by atoms with E-state index in [9.17, 15) is 9.35 Å². The SMILES string of the molecule is CC(/C=C/CCC(=O)N1CCN(c2ncc(C#N)cn2)CC1)N[S+]([O-])C(C)(C)C. The predicted octanol–water partition coefficient (Wildman–Crippen LogP) is 1.77. The fourth-order valence-electron chi connectivity index (χ4n) is 2.75. The van der Waals surface area contributed by atoms with Gasteiger partial charge in [-0.1, -0.05) is 12.2 Å². The lowest BCUT2D eigenvalue weighted by atomic mass is 10.2. The average molecular weight is 419 g/mol. The van der Waals surface area contributed by atoms with Crippen molar-refractivity contribution in [1.82, 2.24) is 19.6 Å². The highest BCUT2D eigenvalue weighted by atomic mass is 32.2. The van der Waals surface area contributed by atoms with Crippen LogP contribution < -0.4 is 9.62 Å². The molecule has 9 heteroatoms. The lowest BCUT2D eigenvalue weighted by molar-refractivity contribution is -0.131. The molecule has 0 aliphatic carbocycles. The lowest BCUT2D eigenvalue weighted by Crippen LogP contribution is -2.49. The van der Waals surface area contributed by atoms with E-state index in [1.807, 2.05) is 55.7 Å². The molecule has 0 radical (unpaired) electrons.